The molecule has 1 N–H and O–H groups in total. The number of rotatable bonds is 2. The highest BCUT2D eigenvalue weighted by molar-refractivity contribution is 7.80. The van der Waals surface area contributed by atoms with Crippen molar-refractivity contribution < 1.29 is 0 Å². The molecule has 0 amide bonds. The zero-order valence-electron chi connectivity index (χ0n) is 8.46. The van der Waals surface area contributed by atoms with E-state index < -0.39 is 0 Å². The molecule has 0 bridgehead atoms. The van der Waals surface area contributed by atoms with Crippen LogP contribution in [0.2, 0.25) is 0 Å². The van der Waals surface area contributed by atoms with Gasteiger partial charge in [0.15, 0.2) is 0 Å². The molecule has 1 nitrogen and oxygen atoms in total. The highest BCUT2D eigenvalue weighted by Gasteiger charge is 2.12. The molecule has 0 aliphatic heterocycles. The van der Waals surface area contributed by atoms with Gasteiger partial charge in [0.1, 0.15) is 0 Å². The molecule has 0 atom stereocenters. The average Bonchev–Trinajstić information content (AvgIpc) is 2.04. The van der Waals surface area contributed by atoms with Crippen LogP contribution in [0.4, 0.5) is 5.69 Å². The largest absolute Gasteiger partial charge is 0.376 e. The van der Waals surface area contributed by atoms with Crippen molar-refractivity contribution in [2.75, 3.05) is 11.2 Å². The van der Waals surface area contributed by atoms with Crippen LogP contribution in [0.3, 0.4) is 0 Å². The molecule has 0 heterocycles. The van der Waals surface area contributed by atoms with Gasteiger partial charge in [-0.1, -0.05) is 32.9 Å². The van der Waals surface area contributed by atoms with Crippen molar-refractivity contribution in [3.63, 3.8) is 0 Å². The Labute approximate surface area is 86.0 Å². The minimum atomic E-state index is 0.236. The molecule has 13 heavy (non-hydrogen) atoms. The van der Waals surface area contributed by atoms with Gasteiger partial charge in [-0.15, -0.1) is 0 Å². The van der Waals surface area contributed by atoms with E-state index in [0.29, 0.717) is 5.88 Å². The second kappa shape index (κ2) is 4.05. The monoisotopic (exact) mass is 195 g/mol. The fourth-order valence-electron chi connectivity index (χ4n) is 1.18. The van der Waals surface area contributed by atoms with Gasteiger partial charge >= 0.3 is 0 Å². The zero-order chi connectivity index (χ0) is 9.90. The molecule has 72 valence electrons. The van der Waals surface area contributed by atoms with Gasteiger partial charge in [-0.25, -0.2) is 0 Å². The summed E-state index contributed by atoms with van der Waals surface area (Å²) in [5.74, 6) is 0.675. The number of nitrogens with one attached hydrogen (secondary N) is 1. The molecule has 0 saturated heterocycles. The normalized spacial score (nSPS) is 11.4. The highest BCUT2D eigenvalue weighted by atomic mass is 32.1. The molecule has 0 radical (unpaired) electrons. The third-order valence-corrected chi connectivity index (χ3v) is 2.19. The summed E-state index contributed by atoms with van der Waals surface area (Å²) < 4.78 is 0. The molecule has 0 aliphatic rings. The first-order valence-corrected chi connectivity index (χ1v) is 5.12. The lowest BCUT2D eigenvalue weighted by atomic mass is 9.87. The Balaban J connectivity index is 2.81. The van der Waals surface area contributed by atoms with Gasteiger partial charge < -0.3 is 5.32 Å². The summed E-state index contributed by atoms with van der Waals surface area (Å²) in [7, 11) is 0. The van der Waals surface area contributed by atoms with Gasteiger partial charge in [0.05, 0.1) is 5.88 Å². The van der Waals surface area contributed by atoms with Gasteiger partial charge in [0.2, 0.25) is 0 Å². The summed E-state index contributed by atoms with van der Waals surface area (Å²) in [6.07, 6.45) is 0. The van der Waals surface area contributed by atoms with Gasteiger partial charge in [0, 0.05) is 5.69 Å². The van der Waals surface area contributed by atoms with Crippen LogP contribution in [-0.2, 0) is 5.41 Å². The summed E-state index contributed by atoms with van der Waals surface area (Å²) >= 11 is 4.10. The molecular weight excluding hydrogens is 178 g/mol. The van der Waals surface area contributed by atoms with E-state index >= 15 is 0 Å². The Morgan fingerprint density at radius 2 is 1.69 bits per heavy atom. The van der Waals surface area contributed by atoms with Gasteiger partial charge in [-0.05, 0) is 23.1 Å². The number of hydrogen-bond donors (Lipinski definition) is 2. The van der Waals surface area contributed by atoms with E-state index in [9.17, 15) is 0 Å². The molecule has 0 spiro atoms. The summed E-state index contributed by atoms with van der Waals surface area (Å²) in [6, 6.07) is 8.51. The number of thiol groups is 1. The lowest BCUT2D eigenvalue weighted by Crippen LogP contribution is -2.10. The Morgan fingerprint density at radius 3 is 2.08 bits per heavy atom. The van der Waals surface area contributed by atoms with Crippen molar-refractivity contribution in [3.8, 4) is 0 Å². The SMILES string of the molecule is CC(C)(C)c1ccc(NCS)cc1. The molecular formula is C11H17NS. The maximum atomic E-state index is 4.10. The summed E-state index contributed by atoms with van der Waals surface area (Å²) in [6.45, 7) is 6.65. The molecule has 0 aromatic heterocycles. The minimum Gasteiger partial charge on any atom is -0.376 e. The Kier molecular flexibility index (Phi) is 3.26. The second-order valence-corrected chi connectivity index (χ2v) is 4.48. The first-order chi connectivity index (χ1) is 6.04. The predicted molar refractivity (Wildman–Crippen MR) is 62.6 cm³/mol. The van der Waals surface area contributed by atoms with Crippen molar-refractivity contribution in [1.29, 1.82) is 0 Å². The fourth-order valence-corrected chi connectivity index (χ4v) is 1.36. The smallest absolute Gasteiger partial charge is 0.0581 e. The molecule has 0 fully saturated rings. The van der Waals surface area contributed by atoms with Crippen LogP contribution in [0, 0.1) is 0 Å². The van der Waals surface area contributed by atoms with Crippen LogP contribution in [-0.4, -0.2) is 5.88 Å². The third-order valence-electron chi connectivity index (χ3n) is 2.03. The lowest BCUT2D eigenvalue weighted by Gasteiger charge is -2.19. The van der Waals surface area contributed by atoms with Crippen molar-refractivity contribution >= 4 is 18.3 Å². The van der Waals surface area contributed by atoms with Crippen LogP contribution in [0.5, 0.6) is 0 Å². The predicted octanol–water partition coefficient (Wildman–Crippen LogP) is 3.28. The lowest BCUT2D eigenvalue weighted by molar-refractivity contribution is 0.590. The molecule has 0 saturated carbocycles. The van der Waals surface area contributed by atoms with Crippen LogP contribution in [0.15, 0.2) is 24.3 Å². The van der Waals surface area contributed by atoms with E-state index in [1.165, 1.54) is 5.56 Å². The van der Waals surface area contributed by atoms with E-state index in [1.807, 2.05) is 0 Å². The van der Waals surface area contributed by atoms with Crippen LogP contribution in [0.1, 0.15) is 26.3 Å². The first kappa shape index (κ1) is 10.5. The van der Waals surface area contributed by atoms with E-state index in [-0.39, 0.29) is 5.41 Å². The second-order valence-electron chi connectivity index (χ2n) is 4.16. The summed E-state index contributed by atoms with van der Waals surface area (Å²) in [4.78, 5) is 0. The molecule has 1 rings (SSSR count). The molecule has 1 aromatic carbocycles. The Bertz CT molecular complexity index is 258. The van der Waals surface area contributed by atoms with Crippen LogP contribution in [0.25, 0.3) is 0 Å². The topological polar surface area (TPSA) is 12.0 Å². The Hall–Kier alpha value is -0.630. The number of anilines is 1. The van der Waals surface area contributed by atoms with E-state index in [0.717, 1.165) is 5.69 Å². The van der Waals surface area contributed by atoms with Gasteiger partial charge in [-0.2, -0.15) is 12.6 Å². The van der Waals surface area contributed by atoms with Crippen molar-refractivity contribution in [3.05, 3.63) is 29.8 Å². The zero-order valence-corrected chi connectivity index (χ0v) is 9.36. The van der Waals surface area contributed by atoms with Gasteiger partial charge in [-0.3, -0.25) is 0 Å². The fraction of sp³-hybridized carbons (Fsp3) is 0.455. The quantitative estimate of drug-likeness (QED) is 0.545. The van der Waals surface area contributed by atoms with E-state index in [1.54, 1.807) is 0 Å². The number of benzene rings is 1. The number of hydrogen-bond acceptors (Lipinski definition) is 2. The average molecular weight is 195 g/mol. The molecule has 0 aliphatic carbocycles. The summed E-state index contributed by atoms with van der Waals surface area (Å²) in [5.41, 5.74) is 2.72. The first-order valence-electron chi connectivity index (χ1n) is 4.49. The highest BCUT2D eigenvalue weighted by Crippen LogP contribution is 2.23. The van der Waals surface area contributed by atoms with Crippen LogP contribution >= 0.6 is 12.6 Å². The minimum absolute atomic E-state index is 0.236. The van der Waals surface area contributed by atoms with Crippen LogP contribution < -0.4 is 5.32 Å². The van der Waals surface area contributed by atoms with Crippen molar-refractivity contribution in [2.24, 2.45) is 0 Å². The maximum Gasteiger partial charge on any atom is 0.0581 e. The standard InChI is InChI=1S/C11H17NS/c1-11(2,3)9-4-6-10(7-5-9)12-8-13/h4-7,12-13H,8H2,1-3H3. The molecule has 0 unspecified atom stereocenters. The maximum absolute atomic E-state index is 4.10. The third kappa shape index (κ3) is 2.96. The summed E-state index contributed by atoms with van der Waals surface area (Å²) in [5, 5.41) is 3.15. The van der Waals surface area contributed by atoms with Gasteiger partial charge in [0.25, 0.3) is 0 Å². The Morgan fingerprint density at radius 1 is 1.15 bits per heavy atom. The molecule has 1 aromatic rings. The van der Waals surface area contributed by atoms with Crippen molar-refractivity contribution in [1.82, 2.24) is 0 Å². The molecule has 2 heteroatoms. The van der Waals surface area contributed by atoms with E-state index in [4.69, 9.17) is 0 Å². The van der Waals surface area contributed by atoms with Crippen molar-refractivity contribution in [2.45, 2.75) is 26.2 Å². The van der Waals surface area contributed by atoms with E-state index in [2.05, 4.69) is 63.0 Å².